The van der Waals surface area contributed by atoms with E-state index in [0.717, 1.165) is 18.5 Å². The maximum absolute atomic E-state index is 13.8. The van der Waals surface area contributed by atoms with Gasteiger partial charge in [-0.15, -0.1) is 0 Å². The number of benzene rings is 1. The Labute approximate surface area is 263 Å². The second-order valence-electron chi connectivity index (χ2n) is 11.5. The molecule has 242 valence electrons. The molecule has 1 saturated heterocycles. The van der Waals surface area contributed by atoms with Crippen LogP contribution in [0.4, 0.5) is 0 Å². The van der Waals surface area contributed by atoms with E-state index >= 15 is 0 Å². The number of aromatic nitrogens is 5. The van der Waals surface area contributed by atoms with Gasteiger partial charge in [-0.25, -0.2) is 13.4 Å². The summed E-state index contributed by atoms with van der Waals surface area (Å²) in [7, 11) is -2.13. The Hall–Kier alpha value is -3.97. The lowest BCUT2D eigenvalue weighted by atomic mass is 9.93. The SMILES string of the molecule is CCCOc1ccc(S(=O)(=O)N2CCC(CCC(=O)OCCn3cccc3)CC2)cc1-c1nc2c(CCC)nn(C)c2c(=O)[nH]1. The second-order valence-corrected chi connectivity index (χ2v) is 13.4. The Bertz CT molecular complexity index is 1770. The number of rotatable bonds is 14. The number of ether oxygens (including phenoxy) is 2. The minimum absolute atomic E-state index is 0.105. The number of aryl methyl sites for hydroxylation is 2. The van der Waals surface area contributed by atoms with Crippen molar-refractivity contribution in [1.29, 1.82) is 0 Å². The summed E-state index contributed by atoms with van der Waals surface area (Å²) < 4.78 is 43.9. The lowest BCUT2D eigenvalue weighted by Gasteiger charge is -2.31. The van der Waals surface area contributed by atoms with Crippen molar-refractivity contribution in [1.82, 2.24) is 28.6 Å². The predicted molar refractivity (Wildman–Crippen MR) is 170 cm³/mol. The summed E-state index contributed by atoms with van der Waals surface area (Å²) in [6, 6.07) is 8.57. The van der Waals surface area contributed by atoms with Gasteiger partial charge in [-0.1, -0.05) is 20.3 Å². The number of nitrogens with zero attached hydrogens (tertiary/aromatic N) is 5. The van der Waals surface area contributed by atoms with Gasteiger partial charge in [0, 0.05) is 39.0 Å². The standard InChI is InChI=1S/C32H42N6O6S/c1-4-8-26-29-30(36(3)35-26)32(40)34-31(33-29)25-22-24(10-11-27(25)43-20-5-2)45(41,42)38-17-13-23(14-18-38)9-12-28(39)44-21-19-37-15-6-7-16-37/h6-7,10-11,15-16,22-23H,4-5,8-9,12-14,17-21H2,1-3H3,(H,33,34,40). The summed E-state index contributed by atoms with van der Waals surface area (Å²) in [5.41, 5.74) is 1.64. The van der Waals surface area contributed by atoms with Gasteiger partial charge >= 0.3 is 5.97 Å². The van der Waals surface area contributed by atoms with Crippen LogP contribution >= 0.6 is 0 Å². The summed E-state index contributed by atoms with van der Waals surface area (Å²) in [4.78, 5) is 33.1. The topological polar surface area (TPSA) is 141 Å². The molecule has 0 aliphatic carbocycles. The highest BCUT2D eigenvalue weighted by Gasteiger charge is 2.31. The number of aromatic amines is 1. The third kappa shape index (κ3) is 7.47. The van der Waals surface area contributed by atoms with E-state index in [9.17, 15) is 18.0 Å². The predicted octanol–water partition coefficient (Wildman–Crippen LogP) is 4.29. The van der Waals surface area contributed by atoms with Crippen LogP contribution in [0.2, 0.25) is 0 Å². The molecule has 4 aromatic rings. The molecule has 0 saturated carbocycles. The zero-order chi connectivity index (χ0) is 32.0. The van der Waals surface area contributed by atoms with Crippen LogP contribution in [0.15, 0.2) is 52.4 Å². The number of nitrogens with one attached hydrogen (secondary N) is 1. The number of fused-ring (bicyclic) bond motifs is 1. The monoisotopic (exact) mass is 638 g/mol. The molecule has 3 aromatic heterocycles. The van der Waals surface area contributed by atoms with Crippen LogP contribution < -0.4 is 10.3 Å². The van der Waals surface area contributed by atoms with Gasteiger partial charge < -0.3 is 19.0 Å². The first-order chi connectivity index (χ1) is 21.7. The lowest BCUT2D eigenvalue weighted by Crippen LogP contribution is -2.38. The molecule has 13 heteroatoms. The molecule has 0 radical (unpaired) electrons. The lowest BCUT2D eigenvalue weighted by molar-refractivity contribution is -0.144. The van der Waals surface area contributed by atoms with E-state index in [1.807, 2.05) is 42.9 Å². The number of hydrogen-bond acceptors (Lipinski definition) is 8. The zero-order valence-corrected chi connectivity index (χ0v) is 27.0. The van der Waals surface area contributed by atoms with Gasteiger partial charge in [-0.2, -0.15) is 9.40 Å². The molecule has 1 fully saturated rings. The molecule has 4 heterocycles. The highest BCUT2D eigenvalue weighted by atomic mass is 32.2. The third-order valence-corrected chi connectivity index (χ3v) is 10.1. The van der Waals surface area contributed by atoms with E-state index in [0.29, 0.717) is 87.3 Å². The number of carbonyl (C=O) groups is 1. The largest absolute Gasteiger partial charge is 0.493 e. The number of carbonyl (C=O) groups excluding carboxylic acids is 1. The van der Waals surface area contributed by atoms with Crippen LogP contribution in [0, 0.1) is 5.92 Å². The van der Waals surface area contributed by atoms with Gasteiger partial charge in [0.1, 0.15) is 23.7 Å². The zero-order valence-electron chi connectivity index (χ0n) is 26.2. The van der Waals surface area contributed by atoms with E-state index in [1.165, 1.54) is 15.1 Å². The highest BCUT2D eigenvalue weighted by Crippen LogP contribution is 2.33. The number of hydrogen-bond donors (Lipinski definition) is 1. The first-order valence-electron chi connectivity index (χ1n) is 15.7. The van der Waals surface area contributed by atoms with Crippen molar-refractivity contribution in [2.45, 2.75) is 70.2 Å². The quantitative estimate of drug-likeness (QED) is 0.202. The van der Waals surface area contributed by atoms with Gasteiger partial charge in [-0.3, -0.25) is 14.3 Å². The molecule has 1 aromatic carbocycles. The summed E-state index contributed by atoms with van der Waals surface area (Å²) >= 11 is 0. The average Bonchev–Trinajstić information content (AvgIpc) is 3.67. The third-order valence-electron chi connectivity index (χ3n) is 8.16. The first-order valence-corrected chi connectivity index (χ1v) is 17.1. The number of H-pyrrole nitrogens is 1. The molecule has 0 unspecified atom stereocenters. The first kappa shape index (κ1) is 32.4. The Kier molecular flexibility index (Phi) is 10.4. The van der Waals surface area contributed by atoms with Crippen molar-refractivity contribution in [2.75, 3.05) is 26.3 Å². The molecule has 12 nitrogen and oxygen atoms in total. The van der Waals surface area contributed by atoms with Crippen LogP contribution in [0.1, 0.15) is 58.1 Å². The van der Waals surface area contributed by atoms with Gasteiger partial charge in [0.15, 0.2) is 5.52 Å². The summed E-state index contributed by atoms with van der Waals surface area (Å²) in [5, 5.41) is 4.49. The molecule has 0 atom stereocenters. The summed E-state index contributed by atoms with van der Waals surface area (Å²) in [6.07, 6.45) is 8.40. The number of sulfonamides is 1. The number of piperidine rings is 1. The normalized spacial score (nSPS) is 14.6. The van der Waals surface area contributed by atoms with E-state index in [4.69, 9.17) is 14.5 Å². The van der Waals surface area contributed by atoms with Crippen molar-refractivity contribution in [3.63, 3.8) is 0 Å². The maximum atomic E-state index is 13.8. The average molecular weight is 639 g/mol. The van der Waals surface area contributed by atoms with E-state index in [2.05, 4.69) is 10.1 Å². The molecule has 1 aliphatic heterocycles. The Morgan fingerprint density at radius 3 is 2.56 bits per heavy atom. The molecule has 0 spiro atoms. The Balaban J connectivity index is 1.29. The fourth-order valence-corrected chi connectivity index (χ4v) is 7.23. The fourth-order valence-electron chi connectivity index (χ4n) is 5.74. The van der Waals surface area contributed by atoms with Crippen LogP contribution in [0.25, 0.3) is 22.4 Å². The number of esters is 1. The van der Waals surface area contributed by atoms with E-state index < -0.39 is 10.0 Å². The molecular formula is C32H42N6O6S. The molecular weight excluding hydrogens is 596 g/mol. The Morgan fingerprint density at radius 1 is 1.09 bits per heavy atom. The summed E-state index contributed by atoms with van der Waals surface area (Å²) in [5.74, 6) is 0.692. The summed E-state index contributed by atoms with van der Waals surface area (Å²) in [6.45, 7) is 6.10. The van der Waals surface area contributed by atoms with Gasteiger partial charge in [0.05, 0.1) is 29.3 Å². The maximum Gasteiger partial charge on any atom is 0.305 e. The minimum Gasteiger partial charge on any atom is -0.493 e. The van der Waals surface area contributed by atoms with Gasteiger partial charge in [0.25, 0.3) is 5.56 Å². The van der Waals surface area contributed by atoms with Crippen molar-refractivity contribution >= 4 is 27.0 Å². The minimum atomic E-state index is -3.84. The van der Waals surface area contributed by atoms with Crippen LogP contribution in [-0.2, 0) is 39.6 Å². The highest BCUT2D eigenvalue weighted by molar-refractivity contribution is 7.89. The van der Waals surface area contributed by atoms with E-state index in [-0.39, 0.29) is 28.2 Å². The van der Waals surface area contributed by atoms with Gasteiger partial charge in [-0.05, 0) is 68.4 Å². The van der Waals surface area contributed by atoms with Gasteiger partial charge in [0.2, 0.25) is 10.0 Å². The molecule has 1 aliphatic rings. The van der Waals surface area contributed by atoms with Crippen LogP contribution in [0.5, 0.6) is 5.75 Å². The van der Waals surface area contributed by atoms with Crippen LogP contribution in [-0.4, -0.2) is 69.3 Å². The molecule has 1 N–H and O–H groups in total. The van der Waals surface area contributed by atoms with Crippen molar-refractivity contribution < 1.29 is 22.7 Å². The van der Waals surface area contributed by atoms with E-state index in [1.54, 1.807) is 19.2 Å². The Morgan fingerprint density at radius 2 is 1.84 bits per heavy atom. The smallest absolute Gasteiger partial charge is 0.305 e. The second kappa shape index (κ2) is 14.4. The molecule has 5 rings (SSSR count). The fraction of sp³-hybridized carbons (Fsp3) is 0.500. The van der Waals surface area contributed by atoms with Crippen molar-refractivity contribution in [3.8, 4) is 17.1 Å². The molecule has 0 amide bonds. The van der Waals surface area contributed by atoms with Crippen LogP contribution in [0.3, 0.4) is 0 Å². The van der Waals surface area contributed by atoms with Crippen molar-refractivity contribution in [2.24, 2.45) is 13.0 Å². The van der Waals surface area contributed by atoms with Crippen molar-refractivity contribution in [3.05, 3.63) is 58.8 Å². The molecule has 0 bridgehead atoms. The molecule has 45 heavy (non-hydrogen) atoms.